The number of para-hydroxylation sites is 1. The van der Waals surface area contributed by atoms with E-state index < -0.39 is 0 Å². The van der Waals surface area contributed by atoms with Crippen molar-refractivity contribution in [3.8, 4) is 11.5 Å². The van der Waals surface area contributed by atoms with Crippen LogP contribution < -0.4 is 5.32 Å². The Morgan fingerprint density at radius 2 is 1.88 bits per heavy atom. The molecule has 2 aromatic carbocycles. The van der Waals surface area contributed by atoms with Gasteiger partial charge in [0.25, 0.3) is 0 Å². The van der Waals surface area contributed by atoms with Crippen molar-refractivity contribution in [3.05, 3.63) is 59.7 Å². The van der Waals surface area contributed by atoms with E-state index in [-0.39, 0.29) is 29.8 Å². The second kappa shape index (κ2) is 8.54. The molecule has 3 N–H and O–H groups in total. The average molecular weight is 341 g/mol. The molecule has 1 amide bonds. The first-order valence-corrected chi connectivity index (χ1v) is 7.65. The highest BCUT2D eigenvalue weighted by Gasteiger charge is 2.07. The van der Waals surface area contributed by atoms with Crippen molar-refractivity contribution in [2.45, 2.75) is 12.8 Å². The van der Waals surface area contributed by atoms with E-state index in [4.69, 9.17) is 0 Å². The number of nitrogens with one attached hydrogen (secondary N) is 1. The van der Waals surface area contributed by atoms with E-state index in [0.717, 1.165) is 5.56 Å². The van der Waals surface area contributed by atoms with Crippen molar-refractivity contribution < 1.29 is 24.5 Å². The zero-order valence-corrected chi connectivity index (χ0v) is 13.7. The van der Waals surface area contributed by atoms with Crippen LogP contribution >= 0.6 is 0 Å². The molecule has 0 aliphatic heterocycles. The van der Waals surface area contributed by atoms with Crippen LogP contribution in [0.5, 0.6) is 11.5 Å². The third-order valence-electron chi connectivity index (χ3n) is 3.53. The lowest BCUT2D eigenvalue weighted by atomic mass is 10.1. The van der Waals surface area contributed by atoms with Gasteiger partial charge in [-0.1, -0.05) is 24.3 Å². The van der Waals surface area contributed by atoms with Crippen molar-refractivity contribution in [1.82, 2.24) is 0 Å². The molecule has 0 aliphatic carbocycles. The number of hydrogen-bond acceptors (Lipinski definition) is 5. The van der Waals surface area contributed by atoms with Gasteiger partial charge in [-0.3, -0.25) is 9.59 Å². The predicted molar refractivity (Wildman–Crippen MR) is 94.2 cm³/mol. The summed E-state index contributed by atoms with van der Waals surface area (Å²) in [6, 6.07) is 11.5. The van der Waals surface area contributed by atoms with Crippen molar-refractivity contribution in [2.24, 2.45) is 0 Å². The highest BCUT2D eigenvalue weighted by atomic mass is 16.5. The van der Waals surface area contributed by atoms with Gasteiger partial charge in [0.15, 0.2) is 11.5 Å². The van der Waals surface area contributed by atoms with Crippen LogP contribution in [0.25, 0.3) is 6.08 Å². The van der Waals surface area contributed by atoms with Crippen LogP contribution in [0.3, 0.4) is 0 Å². The first-order chi connectivity index (χ1) is 12.0. The molecule has 6 heteroatoms. The number of aryl methyl sites for hydroxylation is 1. The third kappa shape index (κ3) is 5.39. The fraction of sp³-hybridized carbons (Fsp3) is 0.158. The van der Waals surface area contributed by atoms with Gasteiger partial charge in [0.2, 0.25) is 5.91 Å². The number of hydrogen-bond donors (Lipinski definition) is 3. The molecule has 0 aromatic heterocycles. The number of carbonyl (C=O) groups excluding carboxylic acids is 2. The smallest absolute Gasteiger partial charge is 0.305 e. The highest BCUT2D eigenvalue weighted by molar-refractivity contribution is 6.02. The molecule has 2 rings (SSSR count). The highest BCUT2D eigenvalue weighted by Crippen LogP contribution is 2.25. The van der Waals surface area contributed by atoms with Gasteiger partial charge in [0.1, 0.15) is 0 Å². The van der Waals surface area contributed by atoms with Crippen molar-refractivity contribution >= 4 is 23.6 Å². The number of anilines is 1. The summed E-state index contributed by atoms with van der Waals surface area (Å²) in [5.41, 5.74) is 2.02. The molecule has 0 fully saturated rings. The van der Waals surface area contributed by atoms with E-state index in [0.29, 0.717) is 17.7 Å². The minimum absolute atomic E-state index is 0.221. The van der Waals surface area contributed by atoms with E-state index in [1.165, 1.54) is 31.4 Å². The summed E-state index contributed by atoms with van der Waals surface area (Å²) in [5.74, 6) is -1.14. The largest absolute Gasteiger partial charge is 0.504 e. The Balaban J connectivity index is 2.03. The quantitative estimate of drug-likeness (QED) is 0.426. The lowest BCUT2D eigenvalue weighted by Gasteiger charge is -2.09. The first kappa shape index (κ1) is 18.1. The van der Waals surface area contributed by atoms with E-state index in [1.54, 1.807) is 18.2 Å². The van der Waals surface area contributed by atoms with Gasteiger partial charge >= 0.3 is 5.97 Å². The van der Waals surface area contributed by atoms with Crippen LogP contribution in [-0.2, 0) is 20.7 Å². The minimum Gasteiger partial charge on any atom is -0.504 e. The average Bonchev–Trinajstić information content (AvgIpc) is 2.61. The topological polar surface area (TPSA) is 95.9 Å². The number of ether oxygens (including phenoxy) is 1. The molecule has 0 aliphatic rings. The lowest BCUT2D eigenvalue weighted by Crippen LogP contribution is -2.10. The Morgan fingerprint density at radius 3 is 2.60 bits per heavy atom. The molecule has 0 unspecified atom stereocenters. The maximum absolute atomic E-state index is 12.1. The SMILES string of the molecule is COC(=O)CCc1ccccc1NC(=O)C=Cc1ccc(O)c(O)c1. The summed E-state index contributed by atoms with van der Waals surface area (Å²) in [6.07, 6.45) is 3.53. The van der Waals surface area contributed by atoms with E-state index in [2.05, 4.69) is 10.1 Å². The Labute approximate surface area is 145 Å². The number of aromatic hydroxyl groups is 2. The third-order valence-corrected chi connectivity index (χ3v) is 3.53. The maximum atomic E-state index is 12.1. The summed E-state index contributed by atoms with van der Waals surface area (Å²) < 4.78 is 4.62. The van der Waals surface area contributed by atoms with Gasteiger partial charge in [0, 0.05) is 18.2 Å². The number of amides is 1. The zero-order valence-electron chi connectivity index (χ0n) is 13.7. The number of esters is 1. The molecule has 0 radical (unpaired) electrons. The molecule has 2 aromatic rings. The summed E-state index contributed by atoms with van der Waals surface area (Å²) in [5, 5.41) is 21.5. The molecule has 0 spiro atoms. The fourth-order valence-corrected chi connectivity index (χ4v) is 2.19. The maximum Gasteiger partial charge on any atom is 0.305 e. The Bertz CT molecular complexity index is 798. The molecule has 6 nitrogen and oxygen atoms in total. The molecular formula is C19H19NO5. The van der Waals surface area contributed by atoms with Crippen molar-refractivity contribution in [3.63, 3.8) is 0 Å². The number of phenolic OH excluding ortho intramolecular Hbond substituents is 2. The first-order valence-electron chi connectivity index (χ1n) is 7.65. The molecule has 0 atom stereocenters. The normalized spacial score (nSPS) is 10.6. The summed E-state index contributed by atoms with van der Waals surface area (Å²) in [6.45, 7) is 0. The number of methoxy groups -OCH3 is 1. The summed E-state index contributed by atoms with van der Waals surface area (Å²) in [7, 11) is 1.34. The molecular weight excluding hydrogens is 322 g/mol. The monoisotopic (exact) mass is 341 g/mol. The predicted octanol–water partition coefficient (Wildman–Crippen LogP) is 2.86. The Kier molecular flexibility index (Phi) is 6.17. The van der Waals surface area contributed by atoms with Crippen LogP contribution in [-0.4, -0.2) is 29.2 Å². The Hall–Kier alpha value is -3.28. The van der Waals surface area contributed by atoms with Gasteiger partial charge < -0.3 is 20.3 Å². The van der Waals surface area contributed by atoms with E-state index >= 15 is 0 Å². The van der Waals surface area contributed by atoms with Crippen molar-refractivity contribution in [2.75, 3.05) is 12.4 Å². The molecule has 0 heterocycles. The molecule has 25 heavy (non-hydrogen) atoms. The molecule has 0 saturated carbocycles. The van der Waals surface area contributed by atoms with Crippen LogP contribution in [0.1, 0.15) is 17.5 Å². The van der Waals surface area contributed by atoms with Gasteiger partial charge in [-0.15, -0.1) is 0 Å². The van der Waals surface area contributed by atoms with Crippen molar-refractivity contribution in [1.29, 1.82) is 0 Å². The minimum atomic E-state index is -0.349. The standard InChI is InChI=1S/C19H19NO5/c1-25-19(24)11-8-14-4-2-3-5-15(14)20-18(23)10-7-13-6-9-16(21)17(22)12-13/h2-7,9-10,12,21-22H,8,11H2,1H3,(H,20,23). The van der Waals surface area contributed by atoms with E-state index in [1.807, 2.05) is 12.1 Å². The summed E-state index contributed by atoms with van der Waals surface area (Å²) in [4.78, 5) is 23.4. The van der Waals surface area contributed by atoms with Crippen LogP contribution in [0, 0.1) is 0 Å². The van der Waals surface area contributed by atoms with Crippen LogP contribution in [0.4, 0.5) is 5.69 Å². The number of phenols is 2. The Morgan fingerprint density at radius 1 is 1.12 bits per heavy atom. The molecule has 0 saturated heterocycles. The number of benzene rings is 2. The van der Waals surface area contributed by atoms with Gasteiger partial charge in [-0.2, -0.15) is 0 Å². The molecule has 0 bridgehead atoms. The van der Waals surface area contributed by atoms with Gasteiger partial charge in [0.05, 0.1) is 7.11 Å². The van der Waals surface area contributed by atoms with E-state index in [9.17, 15) is 19.8 Å². The second-order valence-electron chi connectivity index (χ2n) is 5.30. The zero-order chi connectivity index (χ0) is 18.2. The lowest BCUT2D eigenvalue weighted by molar-refractivity contribution is -0.140. The number of carbonyl (C=O) groups is 2. The van der Waals surface area contributed by atoms with Gasteiger partial charge in [-0.25, -0.2) is 0 Å². The van der Waals surface area contributed by atoms with Crippen LogP contribution in [0.2, 0.25) is 0 Å². The van der Waals surface area contributed by atoms with Crippen LogP contribution in [0.15, 0.2) is 48.5 Å². The fourth-order valence-electron chi connectivity index (χ4n) is 2.19. The summed E-state index contributed by atoms with van der Waals surface area (Å²) >= 11 is 0. The second-order valence-corrected chi connectivity index (χ2v) is 5.30. The molecule has 130 valence electrons. The number of rotatable bonds is 6. The van der Waals surface area contributed by atoms with Gasteiger partial charge in [-0.05, 0) is 41.8 Å².